The van der Waals surface area contributed by atoms with Crippen LogP contribution in [0.3, 0.4) is 0 Å². The molecule has 34 heavy (non-hydrogen) atoms. The van der Waals surface area contributed by atoms with Gasteiger partial charge in [0.05, 0.1) is 17.0 Å². The van der Waals surface area contributed by atoms with Crippen LogP contribution in [0, 0.1) is 0 Å². The molecule has 0 unspecified atom stereocenters. The summed E-state index contributed by atoms with van der Waals surface area (Å²) in [5, 5.41) is 3.13. The standard InChI is InChI=1S/C26H29ClN2O4S/c1-19(13-14-20-9-5-3-6-10-20)28-26(30)24(17-21-11-7-4-8-12-21)29-34(31,32)22-15-16-25(33-2)23(27)18-22/h3-12,15-16,18-19,24,29H,13-14,17H2,1-2H3,(H,28,30)/t19-,24-/m1/s1. The van der Waals surface area contributed by atoms with E-state index in [4.69, 9.17) is 16.3 Å². The van der Waals surface area contributed by atoms with Crippen molar-refractivity contribution in [2.45, 2.75) is 43.2 Å². The highest BCUT2D eigenvalue weighted by atomic mass is 35.5. The molecule has 0 saturated heterocycles. The van der Waals surface area contributed by atoms with Crippen molar-refractivity contribution in [1.29, 1.82) is 0 Å². The molecule has 0 saturated carbocycles. The number of carbonyl (C=O) groups excluding carboxylic acids is 1. The molecule has 6 nitrogen and oxygen atoms in total. The molecule has 3 rings (SSSR count). The highest BCUT2D eigenvalue weighted by molar-refractivity contribution is 7.89. The Morgan fingerprint density at radius 3 is 2.18 bits per heavy atom. The van der Waals surface area contributed by atoms with Crippen LogP contribution in [-0.4, -0.2) is 33.5 Å². The van der Waals surface area contributed by atoms with Crippen LogP contribution >= 0.6 is 11.6 Å². The predicted molar refractivity (Wildman–Crippen MR) is 135 cm³/mol. The van der Waals surface area contributed by atoms with Crippen LogP contribution in [0.2, 0.25) is 5.02 Å². The van der Waals surface area contributed by atoms with Gasteiger partial charge < -0.3 is 10.1 Å². The Hall–Kier alpha value is -2.87. The van der Waals surface area contributed by atoms with E-state index in [0.29, 0.717) is 5.75 Å². The summed E-state index contributed by atoms with van der Waals surface area (Å²) in [5.41, 5.74) is 2.02. The molecule has 2 atom stereocenters. The maximum absolute atomic E-state index is 13.2. The number of methoxy groups -OCH3 is 1. The number of carbonyl (C=O) groups is 1. The van der Waals surface area contributed by atoms with Crippen LogP contribution in [0.1, 0.15) is 24.5 Å². The molecule has 0 heterocycles. The highest BCUT2D eigenvalue weighted by Crippen LogP contribution is 2.27. The van der Waals surface area contributed by atoms with Crippen molar-refractivity contribution in [1.82, 2.24) is 10.0 Å². The van der Waals surface area contributed by atoms with Gasteiger partial charge in [-0.3, -0.25) is 4.79 Å². The number of ether oxygens (including phenoxy) is 1. The lowest BCUT2D eigenvalue weighted by atomic mass is 10.0. The minimum atomic E-state index is -4.01. The summed E-state index contributed by atoms with van der Waals surface area (Å²) >= 11 is 6.12. The maximum atomic E-state index is 13.2. The first kappa shape index (κ1) is 25.7. The lowest BCUT2D eigenvalue weighted by molar-refractivity contribution is -0.123. The third-order valence-corrected chi connectivity index (χ3v) is 7.19. The topological polar surface area (TPSA) is 84.5 Å². The third kappa shape index (κ3) is 7.32. The average Bonchev–Trinajstić information content (AvgIpc) is 2.83. The number of halogens is 1. The minimum absolute atomic E-state index is 0.0405. The smallest absolute Gasteiger partial charge is 0.241 e. The third-order valence-electron chi connectivity index (χ3n) is 5.43. The van der Waals surface area contributed by atoms with Crippen LogP contribution in [0.25, 0.3) is 0 Å². The van der Waals surface area contributed by atoms with Crippen molar-refractivity contribution in [3.63, 3.8) is 0 Å². The number of amides is 1. The Morgan fingerprint density at radius 2 is 1.59 bits per heavy atom. The Morgan fingerprint density at radius 1 is 0.971 bits per heavy atom. The van der Waals surface area contributed by atoms with Crippen LogP contribution < -0.4 is 14.8 Å². The zero-order valence-corrected chi connectivity index (χ0v) is 20.8. The first-order valence-corrected chi connectivity index (χ1v) is 12.9. The van der Waals surface area contributed by atoms with Crippen LogP contribution in [0.15, 0.2) is 83.8 Å². The molecule has 0 bridgehead atoms. The molecule has 0 aliphatic carbocycles. The van der Waals surface area contributed by atoms with Gasteiger partial charge in [-0.15, -0.1) is 0 Å². The highest BCUT2D eigenvalue weighted by Gasteiger charge is 2.27. The van der Waals surface area contributed by atoms with Crippen LogP contribution in [-0.2, 0) is 27.7 Å². The molecule has 0 aliphatic heterocycles. The Bertz CT molecular complexity index is 1190. The molecule has 3 aromatic carbocycles. The molecule has 0 fully saturated rings. The second-order valence-electron chi connectivity index (χ2n) is 8.09. The summed E-state index contributed by atoms with van der Waals surface area (Å²) in [4.78, 5) is 13.1. The minimum Gasteiger partial charge on any atom is -0.495 e. The van der Waals surface area contributed by atoms with Gasteiger partial charge in [0.15, 0.2) is 0 Å². The molecule has 0 aromatic heterocycles. The summed E-state index contributed by atoms with van der Waals surface area (Å²) in [6.45, 7) is 1.91. The molecule has 2 N–H and O–H groups in total. The van der Waals surface area contributed by atoms with Crippen molar-refractivity contribution in [3.8, 4) is 5.75 Å². The molecule has 0 aliphatic rings. The Kier molecular flexibility index (Phi) is 9.10. The fraction of sp³-hybridized carbons (Fsp3) is 0.269. The van der Waals surface area contributed by atoms with Gasteiger partial charge in [0.1, 0.15) is 11.8 Å². The molecule has 8 heteroatoms. The summed E-state index contributed by atoms with van der Waals surface area (Å²) in [5.74, 6) is -0.0148. The monoisotopic (exact) mass is 500 g/mol. The fourth-order valence-electron chi connectivity index (χ4n) is 3.55. The molecule has 3 aromatic rings. The molecular weight excluding hydrogens is 472 g/mol. The van der Waals surface area contributed by atoms with Gasteiger partial charge in [-0.2, -0.15) is 4.72 Å². The van der Waals surface area contributed by atoms with Gasteiger partial charge in [-0.25, -0.2) is 8.42 Å². The SMILES string of the molecule is COc1ccc(S(=O)(=O)N[C@H](Cc2ccccc2)C(=O)N[C@H](C)CCc2ccccc2)cc1Cl. The van der Waals surface area contributed by atoms with E-state index in [1.165, 1.54) is 30.9 Å². The van der Waals surface area contributed by atoms with Crippen molar-refractivity contribution in [2.24, 2.45) is 0 Å². The van der Waals surface area contributed by atoms with Gasteiger partial charge in [0, 0.05) is 6.04 Å². The second kappa shape index (κ2) is 12.0. The van der Waals surface area contributed by atoms with E-state index in [-0.39, 0.29) is 28.3 Å². The number of hydrogen-bond acceptors (Lipinski definition) is 4. The van der Waals surface area contributed by atoms with E-state index >= 15 is 0 Å². The van der Waals surface area contributed by atoms with Gasteiger partial charge in [-0.1, -0.05) is 72.3 Å². The van der Waals surface area contributed by atoms with Crippen LogP contribution in [0.4, 0.5) is 0 Å². The van der Waals surface area contributed by atoms with E-state index in [2.05, 4.69) is 10.0 Å². The maximum Gasteiger partial charge on any atom is 0.241 e. The van der Waals surface area contributed by atoms with E-state index in [1.807, 2.05) is 67.6 Å². The van der Waals surface area contributed by atoms with Gasteiger partial charge in [0.2, 0.25) is 15.9 Å². The molecule has 0 radical (unpaired) electrons. The Labute approximate surface area is 206 Å². The number of sulfonamides is 1. The lowest BCUT2D eigenvalue weighted by Gasteiger charge is -2.22. The van der Waals surface area contributed by atoms with E-state index < -0.39 is 16.1 Å². The van der Waals surface area contributed by atoms with E-state index in [1.54, 1.807) is 0 Å². The molecular formula is C26H29ClN2O4S. The number of benzene rings is 3. The summed E-state index contributed by atoms with van der Waals surface area (Å²) in [6.07, 6.45) is 1.75. The summed E-state index contributed by atoms with van der Waals surface area (Å²) in [6, 6.07) is 22.4. The Balaban J connectivity index is 1.74. The molecule has 180 valence electrons. The molecule has 1 amide bonds. The largest absolute Gasteiger partial charge is 0.495 e. The van der Waals surface area contributed by atoms with E-state index in [9.17, 15) is 13.2 Å². The summed E-state index contributed by atoms with van der Waals surface area (Å²) in [7, 11) is -2.56. The van der Waals surface area contributed by atoms with E-state index in [0.717, 1.165) is 18.4 Å². The number of aryl methyl sites for hydroxylation is 1. The van der Waals surface area contributed by atoms with Crippen molar-refractivity contribution in [2.75, 3.05) is 7.11 Å². The number of nitrogens with one attached hydrogen (secondary N) is 2. The average molecular weight is 501 g/mol. The first-order valence-electron chi connectivity index (χ1n) is 11.0. The predicted octanol–water partition coefficient (Wildman–Crippen LogP) is 4.38. The van der Waals surface area contributed by atoms with Crippen molar-refractivity contribution in [3.05, 3.63) is 95.0 Å². The normalized spacial score (nSPS) is 13.1. The first-order chi connectivity index (χ1) is 16.3. The van der Waals surface area contributed by atoms with Gasteiger partial charge in [-0.05, 0) is 55.5 Å². The molecule has 0 spiro atoms. The zero-order valence-electron chi connectivity index (χ0n) is 19.2. The second-order valence-corrected chi connectivity index (χ2v) is 10.2. The zero-order chi connectivity index (χ0) is 24.6. The van der Waals surface area contributed by atoms with Gasteiger partial charge >= 0.3 is 0 Å². The van der Waals surface area contributed by atoms with Gasteiger partial charge in [0.25, 0.3) is 0 Å². The summed E-state index contributed by atoms with van der Waals surface area (Å²) < 4.78 is 33.9. The quantitative estimate of drug-likeness (QED) is 0.409. The fourth-order valence-corrected chi connectivity index (χ4v) is 5.09. The van der Waals surface area contributed by atoms with Crippen molar-refractivity contribution >= 4 is 27.5 Å². The van der Waals surface area contributed by atoms with Crippen LogP contribution in [0.5, 0.6) is 5.75 Å². The van der Waals surface area contributed by atoms with Crippen molar-refractivity contribution < 1.29 is 17.9 Å². The number of rotatable bonds is 11. The lowest BCUT2D eigenvalue weighted by Crippen LogP contribution is -2.50. The number of hydrogen-bond donors (Lipinski definition) is 2.